The number of nitrogens with one attached hydrogen (secondary N) is 1. The molecule has 2 unspecified atom stereocenters. The number of carbonyl (C=O) groups is 1. The van der Waals surface area contributed by atoms with Crippen LogP contribution < -0.4 is 10.1 Å². The van der Waals surface area contributed by atoms with Crippen LogP contribution in [0.3, 0.4) is 0 Å². The third kappa shape index (κ3) is 4.69. The molecule has 1 heterocycles. The molecule has 6 heteroatoms. The highest BCUT2D eigenvalue weighted by Crippen LogP contribution is 2.47. The maximum absolute atomic E-state index is 12.2. The van der Waals surface area contributed by atoms with Crippen molar-refractivity contribution < 1.29 is 19.0 Å². The fourth-order valence-electron chi connectivity index (χ4n) is 3.08. The molecule has 1 saturated carbocycles. The van der Waals surface area contributed by atoms with Gasteiger partial charge < -0.3 is 19.5 Å². The van der Waals surface area contributed by atoms with Crippen LogP contribution in [-0.4, -0.2) is 64.1 Å². The molecule has 2 fully saturated rings. The molecule has 0 bridgehead atoms. The number of carbonyl (C=O) groups excluding carboxylic acids is 1. The number of hydrogen-bond acceptors (Lipinski definition) is 5. The van der Waals surface area contributed by atoms with E-state index in [4.69, 9.17) is 14.2 Å². The number of nitrogens with zero attached hydrogens (tertiary/aromatic N) is 1. The van der Waals surface area contributed by atoms with Gasteiger partial charge in [-0.3, -0.25) is 9.69 Å². The smallest absolute Gasteiger partial charge is 0.223 e. The van der Waals surface area contributed by atoms with Gasteiger partial charge in [-0.05, 0) is 30.0 Å². The number of methoxy groups -OCH3 is 1. The normalized spacial score (nSPS) is 23.7. The van der Waals surface area contributed by atoms with Gasteiger partial charge in [0.1, 0.15) is 5.75 Å². The second kappa shape index (κ2) is 8.46. The molecule has 132 valence electrons. The highest BCUT2D eigenvalue weighted by molar-refractivity contribution is 5.82. The van der Waals surface area contributed by atoms with Crippen molar-refractivity contribution in [2.75, 3.05) is 53.3 Å². The van der Waals surface area contributed by atoms with Crippen LogP contribution in [0.4, 0.5) is 0 Å². The molecule has 0 spiro atoms. The zero-order valence-corrected chi connectivity index (χ0v) is 14.2. The standard InChI is InChI=1S/C18H26N2O4/c1-22-13-24-15-4-2-14(3-5-15)16-12-17(16)18(21)19-6-7-20-8-10-23-11-9-20/h2-5,16-17H,6-13H2,1H3,(H,19,21). The van der Waals surface area contributed by atoms with E-state index in [-0.39, 0.29) is 18.6 Å². The first kappa shape index (κ1) is 17.2. The summed E-state index contributed by atoms with van der Waals surface area (Å²) in [5.74, 6) is 1.41. The van der Waals surface area contributed by atoms with Gasteiger partial charge in [-0.1, -0.05) is 12.1 Å². The Kier molecular flexibility index (Phi) is 6.07. The molecule has 6 nitrogen and oxygen atoms in total. The fraction of sp³-hybridized carbons (Fsp3) is 0.611. The molecule has 1 amide bonds. The van der Waals surface area contributed by atoms with Gasteiger partial charge in [0.15, 0.2) is 6.79 Å². The lowest BCUT2D eigenvalue weighted by atomic mass is 10.1. The Hall–Kier alpha value is -1.63. The van der Waals surface area contributed by atoms with E-state index in [1.165, 1.54) is 5.56 Å². The number of amides is 1. The van der Waals surface area contributed by atoms with Gasteiger partial charge in [0.25, 0.3) is 0 Å². The first-order valence-electron chi connectivity index (χ1n) is 8.57. The summed E-state index contributed by atoms with van der Waals surface area (Å²) in [4.78, 5) is 14.6. The average molecular weight is 334 g/mol. The highest BCUT2D eigenvalue weighted by atomic mass is 16.7. The lowest BCUT2D eigenvalue weighted by Gasteiger charge is -2.26. The molecule has 2 aliphatic rings. The summed E-state index contributed by atoms with van der Waals surface area (Å²) in [6.07, 6.45) is 0.932. The summed E-state index contributed by atoms with van der Waals surface area (Å²) in [5, 5.41) is 3.07. The highest BCUT2D eigenvalue weighted by Gasteiger charge is 2.43. The molecule has 3 rings (SSSR count). The Balaban J connectivity index is 1.38. The van der Waals surface area contributed by atoms with Crippen molar-refractivity contribution in [3.8, 4) is 5.75 Å². The Bertz CT molecular complexity index is 528. The van der Waals surface area contributed by atoms with E-state index in [0.717, 1.165) is 45.0 Å². The van der Waals surface area contributed by atoms with Crippen molar-refractivity contribution in [2.24, 2.45) is 5.92 Å². The molecule has 2 atom stereocenters. The monoisotopic (exact) mass is 334 g/mol. The first-order chi connectivity index (χ1) is 11.8. The lowest BCUT2D eigenvalue weighted by molar-refractivity contribution is -0.122. The Morgan fingerprint density at radius 1 is 1.29 bits per heavy atom. The van der Waals surface area contributed by atoms with Crippen LogP contribution in [0.5, 0.6) is 5.75 Å². The van der Waals surface area contributed by atoms with Gasteiger partial charge in [-0.15, -0.1) is 0 Å². The molecule has 1 N–H and O–H groups in total. The number of benzene rings is 1. The maximum atomic E-state index is 12.2. The molecule has 1 aliphatic carbocycles. The molecule has 0 radical (unpaired) electrons. The van der Waals surface area contributed by atoms with E-state index in [1.807, 2.05) is 24.3 Å². The van der Waals surface area contributed by atoms with Crippen LogP contribution in [0.15, 0.2) is 24.3 Å². The minimum Gasteiger partial charge on any atom is -0.468 e. The van der Waals surface area contributed by atoms with Gasteiger partial charge in [0, 0.05) is 39.2 Å². The topological polar surface area (TPSA) is 60.0 Å². The molecule has 1 aromatic rings. The number of morpholine rings is 1. The molecular formula is C18H26N2O4. The van der Waals surface area contributed by atoms with Crippen LogP contribution in [0.25, 0.3) is 0 Å². The summed E-state index contributed by atoms with van der Waals surface area (Å²) >= 11 is 0. The van der Waals surface area contributed by atoms with Gasteiger partial charge >= 0.3 is 0 Å². The predicted molar refractivity (Wildman–Crippen MR) is 90.1 cm³/mol. The zero-order chi connectivity index (χ0) is 16.8. The largest absolute Gasteiger partial charge is 0.468 e. The second-order valence-electron chi connectivity index (χ2n) is 6.31. The Morgan fingerprint density at radius 2 is 2.04 bits per heavy atom. The summed E-state index contributed by atoms with van der Waals surface area (Å²) in [5.41, 5.74) is 1.20. The van der Waals surface area contributed by atoms with E-state index < -0.39 is 0 Å². The van der Waals surface area contributed by atoms with Crippen molar-refractivity contribution in [2.45, 2.75) is 12.3 Å². The number of rotatable bonds is 8. The molecule has 1 aliphatic heterocycles. The third-order valence-corrected chi connectivity index (χ3v) is 4.61. The summed E-state index contributed by atoms with van der Waals surface area (Å²) in [6.45, 7) is 5.37. The van der Waals surface area contributed by atoms with Crippen molar-refractivity contribution in [3.63, 3.8) is 0 Å². The van der Waals surface area contributed by atoms with E-state index in [1.54, 1.807) is 7.11 Å². The van der Waals surface area contributed by atoms with Gasteiger partial charge in [0.2, 0.25) is 5.91 Å². The van der Waals surface area contributed by atoms with Crippen LogP contribution in [0.2, 0.25) is 0 Å². The van der Waals surface area contributed by atoms with Crippen LogP contribution in [-0.2, 0) is 14.3 Å². The minimum absolute atomic E-state index is 0.112. The van der Waals surface area contributed by atoms with Gasteiger partial charge in [0.05, 0.1) is 13.2 Å². The van der Waals surface area contributed by atoms with Gasteiger partial charge in [-0.2, -0.15) is 0 Å². The lowest BCUT2D eigenvalue weighted by Crippen LogP contribution is -2.41. The third-order valence-electron chi connectivity index (χ3n) is 4.61. The minimum atomic E-state index is 0.112. The fourth-order valence-corrected chi connectivity index (χ4v) is 3.08. The molecule has 24 heavy (non-hydrogen) atoms. The Labute approximate surface area is 143 Å². The molecule has 0 aromatic heterocycles. The van der Waals surface area contributed by atoms with Crippen molar-refractivity contribution in [1.29, 1.82) is 0 Å². The summed E-state index contributed by atoms with van der Waals surface area (Å²) in [7, 11) is 1.60. The predicted octanol–water partition coefficient (Wildman–Crippen LogP) is 1.22. The number of ether oxygens (including phenoxy) is 3. The van der Waals surface area contributed by atoms with Crippen molar-refractivity contribution in [3.05, 3.63) is 29.8 Å². The van der Waals surface area contributed by atoms with Crippen molar-refractivity contribution in [1.82, 2.24) is 10.2 Å². The summed E-state index contributed by atoms with van der Waals surface area (Å²) < 4.78 is 15.6. The number of hydrogen-bond donors (Lipinski definition) is 1. The molecular weight excluding hydrogens is 308 g/mol. The maximum Gasteiger partial charge on any atom is 0.223 e. The van der Waals surface area contributed by atoms with E-state index in [0.29, 0.717) is 12.5 Å². The van der Waals surface area contributed by atoms with Crippen molar-refractivity contribution >= 4 is 5.91 Å². The SMILES string of the molecule is COCOc1ccc(C2CC2C(=O)NCCN2CCOCC2)cc1. The quantitative estimate of drug-likeness (QED) is 0.725. The zero-order valence-electron chi connectivity index (χ0n) is 14.2. The average Bonchev–Trinajstić information content (AvgIpc) is 3.42. The van der Waals surface area contributed by atoms with Crippen LogP contribution in [0.1, 0.15) is 17.9 Å². The second-order valence-corrected chi connectivity index (χ2v) is 6.31. The van der Waals surface area contributed by atoms with Crippen LogP contribution >= 0.6 is 0 Å². The van der Waals surface area contributed by atoms with E-state index in [2.05, 4.69) is 10.2 Å². The van der Waals surface area contributed by atoms with Gasteiger partial charge in [-0.25, -0.2) is 0 Å². The van der Waals surface area contributed by atoms with E-state index >= 15 is 0 Å². The van der Waals surface area contributed by atoms with Crippen LogP contribution in [0, 0.1) is 5.92 Å². The molecule has 1 saturated heterocycles. The Morgan fingerprint density at radius 3 is 2.75 bits per heavy atom. The molecule has 1 aromatic carbocycles. The first-order valence-corrected chi connectivity index (χ1v) is 8.57. The summed E-state index contributed by atoms with van der Waals surface area (Å²) in [6, 6.07) is 7.94. The van der Waals surface area contributed by atoms with E-state index in [9.17, 15) is 4.79 Å².